The molecule has 1 saturated heterocycles. The third-order valence-electron chi connectivity index (χ3n) is 4.75. The number of nitrogens with two attached hydrogens (primary N) is 1. The van der Waals surface area contributed by atoms with Crippen LogP contribution in [0.3, 0.4) is 0 Å². The standard InChI is InChI=1S/C16H21FN2O/c17-13-5-1-3-11(7-13)8-16(20)19-9-12-4-2-6-15(18)14(12)10-19/h1,3,5,7,12,14-15H,2,4,6,8-10,18H2. The molecule has 3 rings (SSSR count). The van der Waals surface area contributed by atoms with Gasteiger partial charge in [-0.25, -0.2) is 4.39 Å². The number of amides is 1. The molecule has 0 bridgehead atoms. The van der Waals surface area contributed by atoms with E-state index in [1.54, 1.807) is 12.1 Å². The highest BCUT2D eigenvalue weighted by Gasteiger charge is 2.40. The second kappa shape index (κ2) is 5.52. The highest BCUT2D eigenvalue weighted by atomic mass is 19.1. The van der Waals surface area contributed by atoms with Gasteiger partial charge in [0.2, 0.25) is 5.91 Å². The quantitative estimate of drug-likeness (QED) is 0.897. The first kappa shape index (κ1) is 13.6. The summed E-state index contributed by atoms with van der Waals surface area (Å²) < 4.78 is 13.1. The minimum absolute atomic E-state index is 0.0946. The van der Waals surface area contributed by atoms with E-state index in [-0.39, 0.29) is 24.2 Å². The number of halogens is 1. The number of rotatable bonds is 2. The van der Waals surface area contributed by atoms with Crippen molar-refractivity contribution in [2.24, 2.45) is 17.6 Å². The van der Waals surface area contributed by atoms with E-state index in [0.717, 1.165) is 25.1 Å². The summed E-state index contributed by atoms with van der Waals surface area (Å²) >= 11 is 0. The van der Waals surface area contributed by atoms with Gasteiger partial charge >= 0.3 is 0 Å². The largest absolute Gasteiger partial charge is 0.342 e. The Morgan fingerprint density at radius 1 is 1.35 bits per heavy atom. The van der Waals surface area contributed by atoms with Gasteiger partial charge in [-0.2, -0.15) is 0 Å². The zero-order valence-electron chi connectivity index (χ0n) is 11.6. The van der Waals surface area contributed by atoms with Crippen LogP contribution in [-0.2, 0) is 11.2 Å². The van der Waals surface area contributed by atoms with Crippen LogP contribution in [0.1, 0.15) is 24.8 Å². The summed E-state index contributed by atoms with van der Waals surface area (Å²) in [6, 6.07) is 6.53. The Hall–Kier alpha value is -1.42. The predicted molar refractivity (Wildman–Crippen MR) is 75.5 cm³/mol. The molecule has 1 aromatic carbocycles. The van der Waals surface area contributed by atoms with Gasteiger partial charge in [0.1, 0.15) is 5.82 Å². The molecule has 2 N–H and O–H groups in total. The summed E-state index contributed by atoms with van der Waals surface area (Å²) in [6.07, 6.45) is 3.72. The van der Waals surface area contributed by atoms with Crippen molar-refractivity contribution >= 4 is 5.91 Å². The highest BCUT2D eigenvalue weighted by Crippen LogP contribution is 2.35. The normalized spacial score (nSPS) is 29.3. The first-order valence-electron chi connectivity index (χ1n) is 7.41. The molecule has 3 nitrogen and oxygen atoms in total. The summed E-state index contributed by atoms with van der Waals surface area (Å²) in [7, 11) is 0. The molecular weight excluding hydrogens is 255 g/mol. The summed E-state index contributed by atoms with van der Waals surface area (Å²) in [6.45, 7) is 1.60. The third-order valence-corrected chi connectivity index (χ3v) is 4.75. The molecule has 0 spiro atoms. The Labute approximate surface area is 118 Å². The fraction of sp³-hybridized carbons (Fsp3) is 0.562. The molecule has 1 amide bonds. The number of carbonyl (C=O) groups excluding carboxylic acids is 1. The van der Waals surface area contributed by atoms with Crippen molar-refractivity contribution in [2.75, 3.05) is 13.1 Å². The van der Waals surface area contributed by atoms with E-state index >= 15 is 0 Å². The molecule has 0 aromatic heterocycles. The van der Waals surface area contributed by atoms with Crippen LogP contribution in [0.15, 0.2) is 24.3 Å². The zero-order valence-corrected chi connectivity index (χ0v) is 11.6. The molecule has 2 aliphatic rings. The van der Waals surface area contributed by atoms with Crippen molar-refractivity contribution in [2.45, 2.75) is 31.7 Å². The summed E-state index contributed by atoms with van der Waals surface area (Å²) in [5.41, 5.74) is 6.91. The number of benzene rings is 1. The first-order chi connectivity index (χ1) is 9.63. The van der Waals surface area contributed by atoms with Gasteiger partial charge in [0.05, 0.1) is 6.42 Å². The van der Waals surface area contributed by atoms with E-state index in [0.29, 0.717) is 11.8 Å². The second-order valence-electron chi connectivity index (χ2n) is 6.12. The molecule has 108 valence electrons. The van der Waals surface area contributed by atoms with Gasteiger partial charge in [-0.15, -0.1) is 0 Å². The van der Waals surface area contributed by atoms with Crippen molar-refractivity contribution < 1.29 is 9.18 Å². The topological polar surface area (TPSA) is 46.3 Å². The van der Waals surface area contributed by atoms with Crippen molar-refractivity contribution in [1.29, 1.82) is 0 Å². The van der Waals surface area contributed by atoms with Crippen LogP contribution in [0, 0.1) is 17.7 Å². The smallest absolute Gasteiger partial charge is 0.227 e. The molecule has 3 atom stereocenters. The monoisotopic (exact) mass is 276 g/mol. The average Bonchev–Trinajstić information content (AvgIpc) is 2.84. The summed E-state index contributed by atoms with van der Waals surface area (Å²) in [5, 5.41) is 0. The molecule has 1 saturated carbocycles. The average molecular weight is 276 g/mol. The molecule has 3 unspecified atom stereocenters. The molecular formula is C16H21FN2O. The fourth-order valence-electron chi connectivity index (χ4n) is 3.65. The number of carbonyl (C=O) groups is 1. The lowest BCUT2D eigenvalue weighted by Crippen LogP contribution is -2.38. The zero-order chi connectivity index (χ0) is 14.1. The van der Waals surface area contributed by atoms with Crippen molar-refractivity contribution in [3.05, 3.63) is 35.6 Å². The van der Waals surface area contributed by atoms with Crippen LogP contribution >= 0.6 is 0 Å². The lowest BCUT2D eigenvalue weighted by molar-refractivity contribution is -0.129. The molecule has 1 heterocycles. The number of fused-ring (bicyclic) bond motifs is 1. The Bertz CT molecular complexity index is 505. The van der Waals surface area contributed by atoms with Crippen LogP contribution in [0.2, 0.25) is 0 Å². The van der Waals surface area contributed by atoms with Gasteiger partial charge in [-0.3, -0.25) is 4.79 Å². The van der Waals surface area contributed by atoms with E-state index < -0.39 is 0 Å². The lowest BCUT2D eigenvalue weighted by atomic mass is 9.78. The Kier molecular flexibility index (Phi) is 3.74. The van der Waals surface area contributed by atoms with Crippen LogP contribution < -0.4 is 5.73 Å². The number of hydrogen-bond donors (Lipinski definition) is 1. The SMILES string of the molecule is NC1CCCC2CN(C(=O)Cc3cccc(F)c3)CC12. The number of likely N-dealkylation sites (tertiary alicyclic amines) is 1. The maximum atomic E-state index is 13.1. The minimum Gasteiger partial charge on any atom is -0.342 e. The van der Waals surface area contributed by atoms with Crippen LogP contribution in [0.25, 0.3) is 0 Å². The van der Waals surface area contributed by atoms with Crippen LogP contribution in [0.5, 0.6) is 0 Å². The van der Waals surface area contributed by atoms with Gasteiger partial charge in [0, 0.05) is 19.1 Å². The molecule has 4 heteroatoms. The van der Waals surface area contributed by atoms with Crippen LogP contribution in [0.4, 0.5) is 4.39 Å². The van der Waals surface area contributed by atoms with E-state index in [9.17, 15) is 9.18 Å². The van der Waals surface area contributed by atoms with E-state index in [4.69, 9.17) is 5.73 Å². The van der Waals surface area contributed by atoms with Crippen molar-refractivity contribution in [3.63, 3.8) is 0 Å². The van der Waals surface area contributed by atoms with Crippen molar-refractivity contribution in [3.8, 4) is 0 Å². The van der Waals surface area contributed by atoms with E-state index in [1.807, 2.05) is 4.90 Å². The van der Waals surface area contributed by atoms with E-state index in [2.05, 4.69) is 0 Å². The predicted octanol–water partition coefficient (Wildman–Crippen LogP) is 1.95. The summed E-state index contributed by atoms with van der Waals surface area (Å²) in [5.74, 6) is 0.833. The fourth-order valence-corrected chi connectivity index (χ4v) is 3.65. The third kappa shape index (κ3) is 2.70. The molecule has 1 aromatic rings. The van der Waals surface area contributed by atoms with Gasteiger partial charge in [-0.05, 0) is 42.4 Å². The molecule has 2 fully saturated rings. The molecule has 20 heavy (non-hydrogen) atoms. The Balaban J connectivity index is 1.64. The summed E-state index contributed by atoms with van der Waals surface area (Å²) in [4.78, 5) is 14.3. The van der Waals surface area contributed by atoms with Gasteiger partial charge in [0.25, 0.3) is 0 Å². The number of hydrogen-bond acceptors (Lipinski definition) is 2. The molecule has 0 radical (unpaired) electrons. The van der Waals surface area contributed by atoms with Crippen LogP contribution in [-0.4, -0.2) is 29.9 Å². The molecule has 1 aliphatic heterocycles. The van der Waals surface area contributed by atoms with E-state index in [1.165, 1.54) is 25.0 Å². The van der Waals surface area contributed by atoms with Gasteiger partial charge < -0.3 is 10.6 Å². The maximum absolute atomic E-state index is 13.1. The first-order valence-corrected chi connectivity index (χ1v) is 7.41. The second-order valence-corrected chi connectivity index (χ2v) is 6.12. The maximum Gasteiger partial charge on any atom is 0.227 e. The van der Waals surface area contributed by atoms with Gasteiger partial charge in [-0.1, -0.05) is 18.6 Å². The van der Waals surface area contributed by atoms with Crippen molar-refractivity contribution in [1.82, 2.24) is 4.90 Å². The highest BCUT2D eigenvalue weighted by molar-refractivity contribution is 5.79. The Morgan fingerprint density at radius 3 is 2.95 bits per heavy atom. The molecule has 1 aliphatic carbocycles. The van der Waals surface area contributed by atoms with Gasteiger partial charge in [0.15, 0.2) is 0 Å². The number of nitrogens with zero attached hydrogens (tertiary/aromatic N) is 1. The minimum atomic E-state index is -0.285. The lowest BCUT2D eigenvalue weighted by Gasteiger charge is -2.29. The Morgan fingerprint density at radius 2 is 2.20 bits per heavy atom.